The van der Waals surface area contributed by atoms with E-state index >= 15 is 0 Å². The first-order chi connectivity index (χ1) is 6.11. The van der Waals surface area contributed by atoms with Crippen molar-refractivity contribution in [3.8, 4) is 0 Å². The Morgan fingerprint density at radius 1 is 1.46 bits per heavy atom. The van der Waals surface area contributed by atoms with Crippen LogP contribution in [-0.2, 0) is 4.79 Å². The number of carbonyl (C=O) groups is 2. The van der Waals surface area contributed by atoms with Crippen LogP contribution in [0.4, 0.5) is 4.79 Å². The van der Waals surface area contributed by atoms with Crippen molar-refractivity contribution in [2.45, 2.75) is 18.9 Å². The molecule has 0 aromatic rings. The van der Waals surface area contributed by atoms with Crippen LogP contribution in [0.2, 0.25) is 0 Å². The number of nitrogens with one attached hydrogen (secondary N) is 2. The molecule has 7 nitrogen and oxygen atoms in total. The van der Waals surface area contributed by atoms with E-state index in [4.69, 9.17) is 16.7 Å². The van der Waals surface area contributed by atoms with E-state index in [1.165, 1.54) is 0 Å². The average molecular weight is 190 g/mol. The van der Waals surface area contributed by atoms with Gasteiger partial charge in [-0.25, -0.2) is 15.4 Å². The number of hydrazine groups is 1. The van der Waals surface area contributed by atoms with Crippen LogP contribution in [0.3, 0.4) is 0 Å². The molecule has 0 unspecified atom stereocenters. The molecule has 7 N–H and O–H groups in total. The summed E-state index contributed by atoms with van der Waals surface area (Å²) in [7, 11) is 0. The number of rotatable bonds is 5. The molecular formula is C6H14N4O3. The lowest BCUT2D eigenvalue weighted by Gasteiger charge is -2.12. The smallest absolute Gasteiger partial charge is 0.329 e. The minimum Gasteiger partial charge on any atom is -0.480 e. The fourth-order valence-corrected chi connectivity index (χ4v) is 0.779. The van der Waals surface area contributed by atoms with E-state index in [1.54, 1.807) is 5.43 Å². The highest BCUT2D eigenvalue weighted by Gasteiger charge is 2.18. The van der Waals surface area contributed by atoms with Gasteiger partial charge in [0.25, 0.3) is 0 Å². The van der Waals surface area contributed by atoms with Crippen molar-refractivity contribution in [2.24, 2.45) is 11.6 Å². The molecule has 0 aliphatic heterocycles. The summed E-state index contributed by atoms with van der Waals surface area (Å²) in [6.45, 7) is 0.385. The fourth-order valence-electron chi connectivity index (χ4n) is 0.779. The van der Waals surface area contributed by atoms with Gasteiger partial charge in [0.2, 0.25) is 0 Å². The third kappa shape index (κ3) is 4.99. The van der Waals surface area contributed by atoms with Gasteiger partial charge in [-0.1, -0.05) is 0 Å². The first-order valence-electron chi connectivity index (χ1n) is 3.81. The van der Waals surface area contributed by atoms with Gasteiger partial charge in [-0.3, -0.25) is 5.43 Å². The van der Waals surface area contributed by atoms with Crippen LogP contribution in [0.15, 0.2) is 0 Å². The van der Waals surface area contributed by atoms with Crippen molar-refractivity contribution in [3.05, 3.63) is 0 Å². The number of nitrogens with two attached hydrogens (primary N) is 2. The second-order valence-corrected chi connectivity index (χ2v) is 2.44. The van der Waals surface area contributed by atoms with Gasteiger partial charge in [-0.15, -0.1) is 0 Å². The van der Waals surface area contributed by atoms with Crippen LogP contribution >= 0.6 is 0 Å². The van der Waals surface area contributed by atoms with E-state index in [-0.39, 0.29) is 0 Å². The van der Waals surface area contributed by atoms with E-state index in [2.05, 4.69) is 5.32 Å². The molecule has 0 rings (SSSR count). The average Bonchev–Trinajstić information content (AvgIpc) is 2.11. The van der Waals surface area contributed by atoms with E-state index < -0.39 is 18.0 Å². The fraction of sp³-hybridized carbons (Fsp3) is 0.667. The van der Waals surface area contributed by atoms with Gasteiger partial charge in [-0.2, -0.15) is 0 Å². The topological polar surface area (TPSA) is 130 Å². The summed E-state index contributed by atoms with van der Waals surface area (Å²) >= 11 is 0. The first kappa shape index (κ1) is 11.7. The van der Waals surface area contributed by atoms with Crippen LogP contribution in [0.25, 0.3) is 0 Å². The molecule has 7 heteroatoms. The summed E-state index contributed by atoms with van der Waals surface area (Å²) < 4.78 is 0. The molecule has 13 heavy (non-hydrogen) atoms. The Balaban J connectivity index is 3.94. The van der Waals surface area contributed by atoms with Gasteiger partial charge >= 0.3 is 12.0 Å². The monoisotopic (exact) mass is 190 g/mol. The second kappa shape index (κ2) is 6.21. The lowest BCUT2D eigenvalue weighted by atomic mass is 10.1. The summed E-state index contributed by atoms with van der Waals surface area (Å²) in [4.78, 5) is 21.2. The molecule has 0 fully saturated rings. The van der Waals surface area contributed by atoms with Gasteiger partial charge in [0.05, 0.1) is 0 Å². The zero-order valence-electron chi connectivity index (χ0n) is 7.12. The molecule has 0 heterocycles. The molecular weight excluding hydrogens is 176 g/mol. The van der Waals surface area contributed by atoms with Crippen LogP contribution in [0.5, 0.6) is 0 Å². The Morgan fingerprint density at radius 3 is 2.46 bits per heavy atom. The third-order valence-corrected chi connectivity index (χ3v) is 1.43. The predicted molar refractivity (Wildman–Crippen MR) is 45.6 cm³/mol. The molecule has 0 saturated heterocycles. The Kier molecular flexibility index (Phi) is 5.57. The van der Waals surface area contributed by atoms with E-state index in [1.807, 2.05) is 0 Å². The predicted octanol–water partition coefficient (Wildman–Crippen LogP) is -1.65. The lowest BCUT2D eigenvalue weighted by molar-refractivity contribution is -0.139. The van der Waals surface area contributed by atoms with Crippen molar-refractivity contribution in [1.29, 1.82) is 0 Å². The Bertz CT molecular complexity index is 185. The molecule has 0 radical (unpaired) electrons. The van der Waals surface area contributed by atoms with Gasteiger partial charge in [0.15, 0.2) is 0 Å². The normalized spacial score (nSPS) is 11.8. The van der Waals surface area contributed by atoms with Crippen molar-refractivity contribution in [1.82, 2.24) is 10.7 Å². The quantitative estimate of drug-likeness (QED) is 0.201. The maximum Gasteiger partial charge on any atom is 0.329 e. The van der Waals surface area contributed by atoms with Crippen molar-refractivity contribution >= 4 is 12.0 Å². The maximum atomic E-state index is 10.6. The van der Waals surface area contributed by atoms with Crippen LogP contribution in [0.1, 0.15) is 12.8 Å². The molecule has 0 aliphatic carbocycles. The van der Waals surface area contributed by atoms with Crippen molar-refractivity contribution in [2.75, 3.05) is 6.54 Å². The number of urea groups is 1. The number of carboxylic acid groups (broad SMARTS) is 1. The zero-order valence-corrected chi connectivity index (χ0v) is 7.12. The molecule has 0 aromatic carbocycles. The Hall–Kier alpha value is -1.34. The molecule has 0 saturated carbocycles. The molecule has 0 bridgehead atoms. The maximum absolute atomic E-state index is 10.6. The summed E-state index contributed by atoms with van der Waals surface area (Å²) in [6.07, 6.45) is 0.821. The van der Waals surface area contributed by atoms with Gasteiger partial charge in [0.1, 0.15) is 6.04 Å². The summed E-state index contributed by atoms with van der Waals surface area (Å²) in [6, 6.07) is -1.66. The molecule has 0 aliphatic rings. The molecule has 1 atom stereocenters. The Labute approximate surface area is 75.4 Å². The number of hydrogen-bond acceptors (Lipinski definition) is 4. The number of carbonyl (C=O) groups excluding carboxylic acids is 1. The molecule has 0 aromatic heterocycles. The van der Waals surface area contributed by atoms with Crippen LogP contribution < -0.4 is 22.3 Å². The zero-order chi connectivity index (χ0) is 10.3. The minimum absolute atomic E-state index is 0.291. The number of carboxylic acids is 1. The Morgan fingerprint density at radius 2 is 2.08 bits per heavy atom. The lowest BCUT2D eigenvalue weighted by Crippen LogP contribution is -2.48. The second-order valence-electron chi connectivity index (χ2n) is 2.44. The summed E-state index contributed by atoms with van der Waals surface area (Å²) in [5.74, 6) is 3.67. The SMILES string of the molecule is NCCC[C@H](NC(=O)NN)C(=O)O. The number of aliphatic carboxylic acids is 1. The standard InChI is InChI=1S/C6H14N4O3/c7-3-1-2-4(5(11)12)9-6(13)10-8/h4H,1-3,7-8H2,(H,11,12)(H2,9,10,13)/t4-/m0/s1. The van der Waals surface area contributed by atoms with Gasteiger partial charge in [0, 0.05) is 0 Å². The molecule has 76 valence electrons. The van der Waals surface area contributed by atoms with Gasteiger partial charge in [-0.05, 0) is 19.4 Å². The number of amides is 2. The van der Waals surface area contributed by atoms with E-state index in [9.17, 15) is 9.59 Å². The highest BCUT2D eigenvalue weighted by Crippen LogP contribution is 1.95. The van der Waals surface area contributed by atoms with E-state index in [0.717, 1.165) is 0 Å². The highest BCUT2D eigenvalue weighted by molar-refractivity contribution is 5.82. The molecule has 0 spiro atoms. The first-order valence-corrected chi connectivity index (χ1v) is 3.81. The van der Waals surface area contributed by atoms with Crippen LogP contribution in [0, 0.1) is 0 Å². The largest absolute Gasteiger partial charge is 0.480 e. The van der Waals surface area contributed by atoms with Crippen molar-refractivity contribution in [3.63, 3.8) is 0 Å². The summed E-state index contributed by atoms with van der Waals surface area (Å²) in [5, 5.41) is 10.8. The summed E-state index contributed by atoms with van der Waals surface area (Å²) in [5.41, 5.74) is 6.98. The molecule has 2 amide bonds. The minimum atomic E-state index is -1.10. The third-order valence-electron chi connectivity index (χ3n) is 1.43. The number of hydrogen-bond donors (Lipinski definition) is 5. The van der Waals surface area contributed by atoms with Crippen LogP contribution in [-0.4, -0.2) is 29.7 Å². The van der Waals surface area contributed by atoms with Crippen molar-refractivity contribution < 1.29 is 14.7 Å². The highest BCUT2D eigenvalue weighted by atomic mass is 16.4. The van der Waals surface area contributed by atoms with E-state index in [0.29, 0.717) is 19.4 Å². The van der Waals surface area contributed by atoms with Gasteiger partial charge < -0.3 is 16.2 Å².